The summed E-state index contributed by atoms with van der Waals surface area (Å²) in [6.07, 6.45) is 1.58. The van der Waals surface area contributed by atoms with Crippen LogP contribution in [0.3, 0.4) is 0 Å². The number of quaternary nitrogens is 1. The van der Waals surface area contributed by atoms with Crippen LogP contribution in [0.1, 0.15) is 19.8 Å². The zero-order chi connectivity index (χ0) is 12.9. The van der Waals surface area contributed by atoms with Gasteiger partial charge in [0.05, 0.1) is 6.10 Å². The zero-order valence-electron chi connectivity index (χ0n) is 10.3. The van der Waals surface area contributed by atoms with Crippen molar-refractivity contribution in [2.75, 3.05) is 6.79 Å². The van der Waals surface area contributed by atoms with Gasteiger partial charge >= 0.3 is 5.97 Å². The third-order valence-electron chi connectivity index (χ3n) is 4.21. The van der Waals surface area contributed by atoms with Crippen LogP contribution in [0.2, 0.25) is 0 Å². The first kappa shape index (κ1) is 12.1. The van der Waals surface area contributed by atoms with Crippen LogP contribution in [0.4, 0.5) is 0 Å². The Bertz CT molecular complexity index is 385. The lowest BCUT2D eigenvalue weighted by atomic mass is 9.92. The van der Waals surface area contributed by atoms with Crippen LogP contribution in [0.5, 0.6) is 0 Å². The van der Waals surface area contributed by atoms with E-state index in [1.165, 1.54) is 0 Å². The van der Waals surface area contributed by atoms with E-state index < -0.39 is 5.97 Å². The average Bonchev–Trinajstić information content (AvgIpc) is 2.92. The fourth-order valence-electron chi connectivity index (χ4n) is 3.42. The molecule has 0 aromatic heterocycles. The zero-order valence-corrected chi connectivity index (χ0v) is 10.3. The van der Waals surface area contributed by atoms with Gasteiger partial charge in [-0.3, -0.25) is 0 Å². The first-order chi connectivity index (χ1) is 8.58. The van der Waals surface area contributed by atoms with Crippen LogP contribution in [-0.4, -0.2) is 31.0 Å². The second-order valence-electron chi connectivity index (χ2n) is 5.36. The highest BCUT2D eigenvalue weighted by Crippen LogP contribution is 2.48. The molecule has 0 amide bonds. The standard InChI is InChI=1S/C12H17NO5/c1-6(2)12(14)17-5-16-10-7-3-8-9(4-7)13(15)18-11(8)10/h7-11,13H,1,3-5H2,2H3. The summed E-state index contributed by atoms with van der Waals surface area (Å²) in [5.41, 5.74) is 0.346. The van der Waals surface area contributed by atoms with Gasteiger partial charge in [-0.2, -0.15) is 4.84 Å². The molecule has 0 radical (unpaired) electrons. The molecule has 6 atom stereocenters. The fraction of sp³-hybridized carbons (Fsp3) is 0.750. The van der Waals surface area contributed by atoms with Crippen molar-refractivity contribution in [3.05, 3.63) is 17.4 Å². The number of carbonyl (C=O) groups excluding carboxylic acids is 1. The van der Waals surface area contributed by atoms with Crippen molar-refractivity contribution in [2.24, 2.45) is 11.8 Å². The normalized spacial score (nSPS) is 44.3. The molecule has 2 aliphatic carbocycles. The Balaban J connectivity index is 1.53. The SMILES string of the molecule is C=C(C)C(=O)OCOC1C2CC3C1O[NH+]([O-])C3C2. The molecular weight excluding hydrogens is 238 g/mol. The second kappa shape index (κ2) is 4.31. The van der Waals surface area contributed by atoms with E-state index in [-0.39, 0.29) is 30.3 Å². The van der Waals surface area contributed by atoms with Crippen molar-refractivity contribution in [3.8, 4) is 0 Å². The summed E-state index contributed by atoms with van der Waals surface area (Å²) in [6, 6.07) is 0.0813. The highest BCUT2D eigenvalue weighted by molar-refractivity contribution is 5.86. The smallest absolute Gasteiger partial charge is 0.335 e. The Kier molecular flexibility index (Phi) is 2.90. The number of ether oxygens (including phenoxy) is 2. The summed E-state index contributed by atoms with van der Waals surface area (Å²) in [7, 11) is 0. The van der Waals surface area contributed by atoms with Crippen LogP contribution in [0, 0.1) is 17.0 Å². The molecule has 0 aromatic rings. The molecule has 3 aliphatic rings. The number of hydrogen-bond acceptors (Lipinski definition) is 5. The second-order valence-corrected chi connectivity index (χ2v) is 5.36. The quantitative estimate of drug-likeness (QED) is 0.319. The molecule has 2 saturated carbocycles. The summed E-state index contributed by atoms with van der Waals surface area (Å²) in [4.78, 5) is 16.5. The molecule has 18 heavy (non-hydrogen) atoms. The van der Waals surface area contributed by atoms with Crippen LogP contribution in [0.25, 0.3) is 0 Å². The molecule has 3 rings (SSSR count). The van der Waals surface area contributed by atoms with E-state index in [0.717, 1.165) is 12.8 Å². The fourth-order valence-corrected chi connectivity index (χ4v) is 3.42. The molecule has 3 fully saturated rings. The molecule has 0 spiro atoms. The summed E-state index contributed by atoms with van der Waals surface area (Å²) < 4.78 is 10.5. The first-order valence-corrected chi connectivity index (χ1v) is 6.22. The van der Waals surface area contributed by atoms with Crippen LogP contribution >= 0.6 is 0 Å². The highest BCUT2D eigenvalue weighted by Gasteiger charge is 2.63. The van der Waals surface area contributed by atoms with Crippen molar-refractivity contribution < 1.29 is 24.3 Å². The molecule has 100 valence electrons. The first-order valence-electron chi connectivity index (χ1n) is 6.22. The summed E-state index contributed by atoms with van der Waals surface area (Å²) in [6.45, 7) is 4.98. The summed E-state index contributed by atoms with van der Waals surface area (Å²) in [5.74, 6) is 0.212. The van der Waals surface area contributed by atoms with Gasteiger partial charge in [0.15, 0.2) is 12.9 Å². The van der Waals surface area contributed by atoms with Gasteiger partial charge in [0.1, 0.15) is 6.04 Å². The summed E-state index contributed by atoms with van der Waals surface area (Å²) >= 11 is 0. The van der Waals surface area contributed by atoms with Crippen LogP contribution < -0.4 is 5.23 Å². The molecule has 1 N–H and O–H groups in total. The largest absolute Gasteiger partial charge is 0.600 e. The van der Waals surface area contributed by atoms with E-state index in [9.17, 15) is 10.0 Å². The topological polar surface area (TPSA) is 72.3 Å². The molecule has 0 aromatic carbocycles. The van der Waals surface area contributed by atoms with E-state index in [1.807, 2.05) is 0 Å². The molecule has 1 saturated heterocycles. The van der Waals surface area contributed by atoms with Crippen molar-refractivity contribution >= 4 is 5.97 Å². The van der Waals surface area contributed by atoms with E-state index in [2.05, 4.69) is 6.58 Å². The monoisotopic (exact) mass is 255 g/mol. The van der Waals surface area contributed by atoms with E-state index in [1.54, 1.807) is 6.92 Å². The third-order valence-corrected chi connectivity index (χ3v) is 4.21. The minimum absolute atomic E-state index is 0.0813. The van der Waals surface area contributed by atoms with Gasteiger partial charge in [-0.1, -0.05) is 6.58 Å². The van der Waals surface area contributed by atoms with Gasteiger partial charge in [-0.05, 0) is 19.3 Å². The molecule has 2 bridgehead atoms. The number of esters is 1. The van der Waals surface area contributed by atoms with Gasteiger partial charge < -0.3 is 14.7 Å². The molecular formula is C12H17NO5. The predicted octanol–water partition coefficient (Wildman–Crippen LogP) is -0.447. The number of rotatable bonds is 4. The van der Waals surface area contributed by atoms with Crippen LogP contribution in [0.15, 0.2) is 12.2 Å². The molecule has 6 nitrogen and oxygen atoms in total. The van der Waals surface area contributed by atoms with E-state index in [0.29, 0.717) is 17.4 Å². The van der Waals surface area contributed by atoms with Crippen molar-refractivity contribution in [3.63, 3.8) is 0 Å². The van der Waals surface area contributed by atoms with Gasteiger partial charge in [0, 0.05) is 17.9 Å². The minimum Gasteiger partial charge on any atom is -0.600 e. The van der Waals surface area contributed by atoms with Gasteiger partial charge in [-0.25, -0.2) is 10.0 Å². The predicted molar refractivity (Wildman–Crippen MR) is 59.9 cm³/mol. The summed E-state index contributed by atoms with van der Waals surface area (Å²) in [5, 5.41) is 11.4. The highest BCUT2D eigenvalue weighted by atomic mass is 16.9. The molecule has 6 unspecified atom stereocenters. The Labute approximate surface area is 105 Å². The minimum atomic E-state index is -0.459. The maximum atomic E-state index is 11.5. The van der Waals surface area contributed by atoms with Crippen molar-refractivity contribution in [1.82, 2.24) is 0 Å². The van der Waals surface area contributed by atoms with Gasteiger partial charge in [0.25, 0.3) is 0 Å². The number of carbonyl (C=O) groups is 1. The van der Waals surface area contributed by atoms with Gasteiger partial charge in [0.2, 0.25) is 0 Å². The lowest BCUT2D eigenvalue weighted by Gasteiger charge is -2.23. The third kappa shape index (κ3) is 1.76. The van der Waals surface area contributed by atoms with E-state index >= 15 is 0 Å². The number of hydrogen-bond donors (Lipinski definition) is 1. The molecule has 1 aliphatic heterocycles. The maximum absolute atomic E-state index is 11.5. The van der Waals surface area contributed by atoms with Gasteiger partial charge in [-0.15, -0.1) is 0 Å². The maximum Gasteiger partial charge on any atom is 0.335 e. The van der Waals surface area contributed by atoms with Crippen molar-refractivity contribution in [2.45, 2.75) is 38.0 Å². The lowest BCUT2D eigenvalue weighted by molar-refractivity contribution is -1.06. The molecule has 6 heteroatoms. The lowest BCUT2D eigenvalue weighted by Crippen LogP contribution is -3.08. The number of nitrogens with one attached hydrogen (secondary N) is 1. The average molecular weight is 255 g/mol. The van der Waals surface area contributed by atoms with Crippen LogP contribution in [-0.2, 0) is 19.1 Å². The number of fused-ring (bicyclic) bond motifs is 1. The van der Waals surface area contributed by atoms with E-state index in [4.69, 9.17) is 14.3 Å². The Morgan fingerprint density at radius 3 is 3.06 bits per heavy atom. The number of hydroxylamine groups is 2. The molecule has 1 heterocycles. The van der Waals surface area contributed by atoms with Crippen molar-refractivity contribution in [1.29, 1.82) is 0 Å². The Hall–Kier alpha value is -0.950. The Morgan fingerprint density at radius 2 is 2.33 bits per heavy atom. The Morgan fingerprint density at radius 1 is 1.56 bits per heavy atom.